The number of carbonyl (C=O) groups excluding carboxylic acids is 2. The third-order valence-electron chi connectivity index (χ3n) is 6.63. The van der Waals surface area contributed by atoms with E-state index in [1.807, 2.05) is 37.3 Å². The molecule has 0 aromatic heterocycles. The number of nitrogens with zero attached hydrogens (tertiary/aromatic N) is 1. The smallest absolute Gasteiger partial charge is 0.293 e. The zero-order chi connectivity index (χ0) is 28.5. The van der Waals surface area contributed by atoms with Gasteiger partial charge in [-0.1, -0.05) is 54.1 Å². The molecule has 0 atom stereocenters. The van der Waals surface area contributed by atoms with E-state index in [-0.39, 0.29) is 18.6 Å². The summed E-state index contributed by atoms with van der Waals surface area (Å²) < 4.78 is 23.8. The molecule has 4 aromatic rings. The Morgan fingerprint density at radius 1 is 1.00 bits per heavy atom. The van der Waals surface area contributed by atoms with Crippen molar-refractivity contribution in [1.82, 2.24) is 4.90 Å². The summed E-state index contributed by atoms with van der Waals surface area (Å²) in [7, 11) is 0. The average molecular weight is 700 g/mol. The van der Waals surface area contributed by atoms with Crippen LogP contribution in [0.5, 0.6) is 23.0 Å². The van der Waals surface area contributed by atoms with Crippen LogP contribution in [0.15, 0.2) is 71.6 Å². The molecule has 2 aliphatic rings. The molecule has 7 nitrogen and oxygen atoms in total. The highest BCUT2D eigenvalue weighted by atomic mass is 127. The first-order valence-electron chi connectivity index (χ1n) is 12.8. The van der Waals surface area contributed by atoms with Gasteiger partial charge in [0.15, 0.2) is 23.0 Å². The van der Waals surface area contributed by atoms with Crippen molar-refractivity contribution < 1.29 is 28.5 Å². The lowest BCUT2D eigenvalue weighted by Crippen LogP contribution is -2.27. The summed E-state index contributed by atoms with van der Waals surface area (Å²) >= 11 is 9.48. The number of hydrogen-bond donors (Lipinski definition) is 0. The SMILES string of the molecule is CCOc1cc(/C=C2/SC(=O)N(Cc3cc4c(cc3Cl)OCO4)C2=O)cc(I)c1OCc1cccc2ccccc12. The number of hydrogen-bond acceptors (Lipinski definition) is 7. The van der Waals surface area contributed by atoms with E-state index in [9.17, 15) is 9.59 Å². The van der Waals surface area contributed by atoms with E-state index in [0.717, 1.165) is 37.2 Å². The van der Waals surface area contributed by atoms with Crippen LogP contribution >= 0.6 is 46.0 Å². The molecular weight excluding hydrogens is 677 g/mol. The summed E-state index contributed by atoms with van der Waals surface area (Å²) in [6, 6.07) is 21.4. The molecule has 0 spiro atoms. The van der Waals surface area contributed by atoms with Gasteiger partial charge < -0.3 is 18.9 Å². The Hall–Kier alpha value is -3.41. The molecule has 2 amide bonds. The van der Waals surface area contributed by atoms with Gasteiger partial charge in [0.25, 0.3) is 11.1 Å². The van der Waals surface area contributed by atoms with E-state index in [1.54, 1.807) is 18.2 Å². The number of amides is 2. The fraction of sp³-hybridized carbons (Fsp3) is 0.161. The van der Waals surface area contributed by atoms with Gasteiger partial charge in [0.1, 0.15) is 6.61 Å². The van der Waals surface area contributed by atoms with Gasteiger partial charge in [-0.3, -0.25) is 14.5 Å². The van der Waals surface area contributed by atoms with Crippen LogP contribution in [0.25, 0.3) is 16.8 Å². The average Bonchev–Trinajstić information content (AvgIpc) is 3.51. The molecule has 6 rings (SSSR count). The molecule has 4 aromatic carbocycles. The number of halogens is 2. The number of imide groups is 1. The van der Waals surface area contributed by atoms with E-state index in [1.165, 1.54) is 4.90 Å². The molecule has 1 saturated heterocycles. The molecule has 2 heterocycles. The second-order valence-electron chi connectivity index (χ2n) is 9.25. The lowest BCUT2D eigenvalue weighted by atomic mass is 10.1. The highest BCUT2D eigenvalue weighted by molar-refractivity contribution is 14.1. The Bertz CT molecular complexity index is 1720. The first-order valence-corrected chi connectivity index (χ1v) is 15.1. The topological polar surface area (TPSA) is 74.3 Å². The molecule has 0 aliphatic carbocycles. The predicted molar refractivity (Wildman–Crippen MR) is 168 cm³/mol. The standard InChI is InChI=1S/C31H23ClINO6S/c1-2-37-27-11-18(10-24(33)29(27)38-16-20-8-5-7-19-6-3-4-9-22(19)20)12-28-30(35)34(31(36)41-28)15-21-13-25-26(14-23(21)32)40-17-39-25/h3-14H,2,15-17H2,1H3/b28-12+. The maximum atomic E-state index is 13.3. The largest absolute Gasteiger partial charge is 0.490 e. The minimum atomic E-state index is -0.391. The Morgan fingerprint density at radius 3 is 2.61 bits per heavy atom. The minimum Gasteiger partial charge on any atom is -0.490 e. The first-order chi connectivity index (χ1) is 19.9. The third kappa shape index (κ3) is 5.71. The van der Waals surface area contributed by atoms with Gasteiger partial charge in [-0.05, 0) is 93.0 Å². The molecule has 0 unspecified atom stereocenters. The van der Waals surface area contributed by atoms with E-state index in [2.05, 4.69) is 46.9 Å². The Kier molecular flexibility index (Phi) is 8.01. The summed E-state index contributed by atoms with van der Waals surface area (Å²) in [6.45, 7) is 2.85. The quantitative estimate of drug-likeness (QED) is 0.136. The van der Waals surface area contributed by atoms with Crippen molar-refractivity contribution >= 4 is 73.9 Å². The van der Waals surface area contributed by atoms with Crippen LogP contribution in [0.1, 0.15) is 23.6 Å². The summed E-state index contributed by atoms with van der Waals surface area (Å²) in [5.74, 6) is 1.88. The molecule has 0 N–H and O–H groups in total. The van der Waals surface area contributed by atoms with Crippen molar-refractivity contribution in [3.8, 4) is 23.0 Å². The molecule has 0 bridgehead atoms. The van der Waals surface area contributed by atoms with Crippen LogP contribution in [0, 0.1) is 3.57 Å². The minimum absolute atomic E-state index is 0.0279. The molecule has 208 valence electrons. The highest BCUT2D eigenvalue weighted by Gasteiger charge is 2.36. The number of thioether (sulfide) groups is 1. The second-order valence-corrected chi connectivity index (χ2v) is 11.8. The van der Waals surface area contributed by atoms with Crippen molar-refractivity contribution in [2.45, 2.75) is 20.1 Å². The van der Waals surface area contributed by atoms with Crippen molar-refractivity contribution in [2.24, 2.45) is 0 Å². The van der Waals surface area contributed by atoms with Gasteiger partial charge in [0.05, 0.1) is 21.6 Å². The zero-order valence-electron chi connectivity index (χ0n) is 21.8. The summed E-state index contributed by atoms with van der Waals surface area (Å²) in [6.07, 6.45) is 1.70. The molecule has 0 radical (unpaired) electrons. The zero-order valence-corrected chi connectivity index (χ0v) is 25.5. The Morgan fingerprint density at radius 2 is 1.78 bits per heavy atom. The first kappa shape index (κ1) is 27.7. The molecule has 10 heteroatoms. The maximum absolute atomic E-state index is 13.3. The van der Waals surface area contributed by atoms with Crippen molar-refractivity contribution in [1.29, 1.82) is 0 Å². The summed E-state index contributed by atoms with van der Waals surface area (Å²) in [5.41, 5.74) is 2.39. The molecule has 2 aliphatic heterocycles. The summed E-state index contributed by atoms with van der Waals surface area (Å²) in [5, 5.41) is 2.31. The Balaban J connectivity index is 1.23. The van der Waals surface area contributed by atoms with E-state index < -0.39 is 5.91 Å². The molecule has 0 saturated carbocycles. The van der Waals surface area contributed by atoms with Crippen LogP contribution in [0.4, 0.5) is 4.79 Å². The van der Waals surface area contributed by atoms with Crippen molar-refractivity contribution in [3.05, 3.63) is 96.9 Å². The fourth-order valence-electron chi connectivity index (χ4n) is 4.68. The van der Waals surface area contributed by atoms with Crippen LogP contribution in [0.3, 0.4) is 0 Å². The number of benzene rings is 4. The maximum Gasteiger partial charge on any atom is 0.293 e. The van der Waals surface area contributed by atoms with Crippen LogP contribution < -0.4 is 18.9 Å². The normalized spacial score (nSPS) is 15.3. The van der Waals surface area contributed by atoms with Crippen molar-refractivity contribution in [3.63, 3.8) is 0 Å². The van der Waals surface area contributed by atoms with Gasteiger partial charge in [0.2, 0.25) is 6.79 Å². The molecule has 1 fully saturated rings. The predicted octanol–water partition coefficient (Wildman–Crippen LogP) is 8.04. The highest BCUT2D eigenvalue weighted by Crippen LogP contribution is 2.41. The number of fused-ring (bicyclic) bond motifs is 2. The third-order valence-corrected chi connectivity index (χ3v) is 8.69. The molecular formula is C31H23ClINO6S. The fourth-order valence-corrected chi connectivity index (χ4v) is 6.51. The van der Waals surface area contributed by atoms with Gasteiger partial charge in [-0.25, -0.2) is 0 Å². The second kappa shape index (κ2) is 11.8. The van der Waals surface area contributed by atoms with E-state index in [0.29, 0.717) is 51.7 Å². The van der Waals surface area contributed by atoms with Gasteiger partial charge in [0, 0.05) is 11.1 Å². The number of rotatable bonds is 8. The van der Waals surface area contributed by atoms with Crippen molar-refractivity contribution in [2.75, 3.05) is 13.4 Å². The lowest BCUT2D eigenvalue weighted by Gasteiger charge is -2.16. The lowest BCUT2D eigenvalue weighted by molar-refractivity contribution is -0.123. The monoisotopic (exact) mass is 699 g/mol. The number of ether oxygens (including phenoxy) is 4. The molecule has 41 heavy (non-hydrogen) atoms. The van der Waals surface area contributed by atoms with E-state index >= 15 is 0 Å². The van der Waals surface area contributed by atoms with Gasteiger partial charge in [-0.15, -0.1) is 0 Å². The van der Waals surface area contributed by atoms with E-state index in [4.69, 9.17) is 30.5 Å². The Labute approximate surface area is 259 Å². The number of carbonyl (C=O) groups is 2. The van der Waals surface area contributed by atoms with Gasteiger partial charge in [-0.2, -0.15) is 0 Å². The van der Waals surface area contributed by atoms with Crippen LogP contribution in [-0.2, 0) is 17.9 Å². The summed E-state index contributed by atoms with van der Waals surface area (Å²) in [4.78, 5) is 27.6. The van der Waals surface area contributed by atoms with Gasteiger partial charge >= 0.3 is 0 Å². The van der Waals surface area contributed by atoms with Crippen LogP contribution in [0.2, 0.25) is 5.02 Å². The van der Waals surface area contributed by atoms with Crippen LogP contribution in [-0.4, -0.2) is 29.4 Å².